The maximum Gasteiger partial charge on any atom is 0.0754 e. The van der Waals surface area contributed by atoms with Gasteiger partial charge in [0.05, 0.1) is 6.10 Å². The highest BCUT2D eigenvalue weighted by Gasteiger charge is 2.23. The Bertz CT molecular complexity index is 388. The number of fused-ring (bicyclic) bond motifs is 1. The van der Waals surface area contributed by atoms with Gasteiger partial charge in [-0.3, -0.25) is 0 Å². The van der Waals surface area contributed by atoms with Gasteiger partial charge >= 0.3 is 0 Å². The Morgan fingerprint density at radius 2 is 2.00 bits per heavy atom. The van der Waals surface area contributed by atoms with E-state index in [-0.39, 0.29) is 6.10 Å². The fourth-order valence-corrected chi connectivity index (χ4v) is 2.50. The third-order valence-electron chi connectivity index (χ3n) is 3.37. The molecule has 1 aliphatic rings. The summed E-state index contributed by atoms with van der Waals surface area (Å²) in [6.45, 7) is 4.08. The second kappa shape index (κ2) is 4.84. The van der Waals surface area contributed by atoms with Crippen molar-refractivity contribution in [2.24, 2.45) is 5.92 Å². The molecule has 2 unspecified atom stereocenters. The lowest BCUT2D eigenvalue weighted by molar-refractivity contribution is 0.141. The summed E-state index contributed by atoms with van der Waals surface area (Å²) in [5, 5.41) is 10.1. The number of allylic oxidation sites excluding steroid dienone is 1. The second-order valence-electron chi connectivity index (χ2n) is 5.01. The Morgan fingerprint density at radius 1 is 1.31 bits per heavy atom. The van der Waals surface area contributed by atoms with Gasteiger partial charge in [-0.25, -0.2) is 0 Å². The summed E-state index contributed by atoms with van der Waals surface area (Å²) in [5.74, 6) is 0.393. The molecule has 0 aromatic heterocycles. The molecule has 16 heavy (non-hydrogen) atoms. The van der Waals surface area contributed by atoms with Crippen molar-refractivity contribution in [3.8, 4) is 0 Å². The molecule has 1 N–H and O–H groups in total. The van der Waals surface area contributed by atoms with Crippen molar-refractivity contribution in [2.75, 3.05) is 0 Å². The van der Waals surface area contributed by atoms with Crippen molar-refractivity contribution in [3.63, 3.8) is 0 Å². The number of rotatable bonds is 2. The average molecular weight is 216 g/mol. The van der Waals surface area contributed by atoms with E-state index in [4.69, 9.17) is 0 Å². The molecule has 0 fully saturated rings. The first kappa shape index (κ1) is 11.4. The molecule has 2 atom stereocenters. The smallest absolute Gasteiger partial charge is 0.0754 e. The Kier molecular flexibility index (Phi) is 3.45. The molecule has 1 aromatic carbocycles. The molecule has 1 aliphatic carbocycles. The molecule has 0 aliphatic heterocycles. The fourth-order valence-electron chi connectivity index (χ4n) is 2.50. The molecule has 0 bridgehead atoms. The Morgan fingerprint density at radius 3 is 2.69 bits per heavy atom. The largest absolute Gasteiger partial charge is 0.389 e. The predicted molar refractivity (Wildman–Crippen MR) is 67.4 cm³/mol. The maximum atomic E-state index is 10.1. The van der Waals surface area contributed by atoms with Crippen LogP contribution in [0.25, 0.3) is 0 Å². The molecule has 0 spiro atoms. The standard InChI is InChI=1S/C15H20O/c1-11(2)9-15(16)14-8-7-12-5-3-4-6-13(12)10-14/h3-6,9,14-16H,7-8,10H2,1-2H3. The van der Waals surface area contributed by atoms with Crippen molar-refractivity contribution in [2.45, 2.75) is 39.2 Å². The zero-order valence-corrected chi connectivity index (χ0v) is 10.1. The Balaban J connectivity index is 2.11. The first-order chi connectivity index (χ1) is 7.66. The van der Waals surface area contributed by atoms with E-state index in [1.54, 1.807) is 0 Å². The minimum atomic E-state index is -0.279. The van der Waals surface area contributed by atoms with Gasteiger partial charge in [-0.1, -0.05) is 35.9 Å². The number of hydrogen-bond acceptors (Lipinski definition) is 1. The summed E-state index contributed by atoms with van der Waals surface area (Å²) in [4.78, 5) is 0. The molecular formula is C15H20O. The number of aliphatic hydroxyl groups is 1. The lowest BCUT2D eigenvalue weighted by Crippen LogP contribution is -2.25. The molecule has 2 rings (SSSR count). The first-order valence-electron chi connectivity index (χ1n) is 6.06. The van der Waals surface area contributed by atoms with Crippen LogP contribution in [-0.4, -0.2) is 11.2 Å². The van der Waals surface area contributed by atoms with Crippen LogP contribution in [0.1, 0.15) is 31.4 Å². The molecule has 86 valence electrons. The third-order valence-corrected chi connectivity index (χ3v) is 3.37. The van der Waals surface area contributed by atoms with Crippen LogP contribution in [0.4, 0.5) is 0 Å². The molecule has 0 saturated carbocycles. The number of hydrogen-bond donors (Lipinski definition) is 1. The molecule has 1 heteroatoms. The van der Waals surface area contributed by atoms with Crippen LogP contribution in [0.3, 0.4) is 0 Å². The topological polar surface area (TPSA) is 20.2 Å². The summed E-state index contributed by atoms with van der Waals surface area (Å²) >= 11 is 0. The van der Waals surface area contributed by atoms with Crippen molar-refractivity contribution in [1.29, 1.82) is 0 Å². The molecule has 0 radical (unpaired) electrons. The van der Waals surface area contributed by atoms with Gasteiger partial charge < -0.3 is 5.11 Å². The summed E-state index contributed by atoms with van der Waals surface area (Å²) in [5.41, 5.74) is 4.08. The van der Waals surface area contributed by atoms with Crippen LogP contribution in [0.15, 0.2) is 35.9 Å². The number of aryl methyl sites for hydroxylation is 1. The summed E-state index contributed by atoms with van der Waals surface area (Å²) in [7, 11) is 0. The highest BCUT2D eigenvalue weighted by atomic mass is 16.3. The lowest BCUT2D eigenvalue weighted by Gasteiger charge is -2.27. The zero-order chi connectivity index (χ0) is 11.5. The SMILES string of the molecule is CC(C)=CC(O)C1CCc2ccccc2C1. The molecule has 1 nitrogen and oxygen atoms in total. The van der Waals surface area contributed by atoms with Crippen molar-refractivity contribution in [1.82, 2.24) is 0 Å². The van der Waals surface area contributed by atoms with Gasteiger partial charge in [0.15, 0.2) is 0 Å². The Labute approximate surface area is 97.8 Å². The van der Waals surface area contributed by atoms with E-state index >= 15 is 0 Å². The summed E-state index contributed by atoms with van der Waals surface area (Å²) in [6.07, 6.45) is 4.93. The normalized spacial score (nSPS) is 21.1. The van der Waals surface area contributed by atoms with Crippen LogP contribution < -0.4 is 0 Å². The fraction of sp³-hybridized carbons (Fsp3) is 0.467. The second-order valence-corrected chi connectivity index (χ2v) is 5.01. The van der Waals surface area contributed by atoms with Gasteiger partial charge in [0.1, 0.15) is 0 Å². The monoisotopic (exact) mass is 216 g/mol. The number of benzene rings is 1. The number of aliphatic hydroxyl groups excluding tert-OH is 1. The van der Waals surface area contributed by atoms with Crippen molar-refractivity contribution >= 4 is 0 Å². The van der Waals surface area contributed by atoms with Gasteiger partial charge in [-0.05, 0) is 50.2 Å². The van der Waals surface area contributed by atoms with Gasteiger partial charge in [-0.2, -0.15) is 0 Å². The van der Waals surface area contributed by atoms with E-state index in [2.05, 4.69) is 24.3 Å². The minimum Gasteiger partial charge on any atom is -0.389 e. The van der Waals surface area contributed by atoms with Gasteiger partial charge in [0.2, 0.25) is 0 Å². The van der Waals surface area contributed by atoms with E-state index < -0.39 is 0 Å². The zero-order valence-electron chi connectivity index (χ0n) is 10.1. The van der Waals surface area contributed by atoms with Crippen LogP contribution in [0.2, 0.25) is 0 Å². The molecule has 0 heterocycles. The van der Waals surface area contributed by atoms with Crippen LogP contribution >= 0.6 is 0 Å². The third kappa shape index (κ3) is 2.53. The van der Waals surface area contributed by atoms with Crippen LogP contribution in [0.5, 0.6) is 0 Å². The predicted octanol–water partition coefficient (Wildman–Crippen LogP) is 3.12. The van der Waals surface area contributed by atoms with Crippen LogP contribution in [0, 0.1) is 5.92 Å². The van der Waals surface area contributed by atoms with Crippen LogP contribution in [-0.2, 0) is 12.8 Å². The maximum absolute atomic E-state index is 10.1. The van der Waals surface area contributed by atoms with Gasteiger partial charge in [-0.15, -0.1) is 0 Å². The summed E-state index contributed by atoms with van der Waals surface area (Å²) < 4.78 is 0. The van der Waals surface area contributed by atoms with Crippen molar-refractivity contribution < 1.29 is 5.11 Å². The minimum absolute atomic E-state index is 0.279. The van der Waals surface area contributed by atoms with E-state index in [9.17, 15) is 5.11 Å². The lowest BCUT2D eigenvalue weighted by atomic mass is 9.81. The van der Waals surface area contributed by atoms with Crippen molar-refractivity contribution in [3.05, 3.63) is 47.0 Å². The summed E-state index contributed by atoms with van der Waals surface area (Å²) in [6, 6.07) is 8.59. The average Bonchev–Trinajstić information content (AvgIpc) is 2.27. The van der Waals surface area contributed by atoms with E-state index in [1.807, 2.05) is 19.9 Å². The van der Waals surface area contributed by atoms with Gasteiger partial charge in [0, 0.05) is 0 Å². The molecule has 1 aromatic rings. The van der Waals surface area contributed by atoms with E-state index in [1.165, 1.54) is 16.7 Å². The molecule has 0 saturated heterocycles. The first-order valence-corrected chi connectivity index (χ1v) is 6.06. The van der Waals surface area contributed by atoms with E-state index in [0.29, 0.717) is 5.92 Å². The molecular weight excluding hydrogens is 196 g/mol. The Hall–Kier alpha value is -1.08. The van der Waals surface area contributed by atoms with E-state index in [0.717, 1.165) is 19.3 Å². The quantitative estimate of drug-likeness (QED) is 0.753. The molecule has 0 amide bonds. The highest BCUT2D eigenvalue weighted by Crippen LogP contribution is 2.28. The highest BCUT2D eigenvalue weighted by molar-refractivity contribution is 5.30. The van der Waals surface area contributed by atoms with Gasteiger partial charge in [0.25, 0.3) is 0 Å².